The molecular formula is C22H15BrN2O2S. The summed E-state index contributed by atoms with van der Waals surface area (Å²) in [5.41, 5.74) is 0.981. The third kappa shape index (κ3) is 3.44. The number of phenolic OH excluding ortho intramolecular Hbond substituents is 1. The van der Waals surface area contributed by atoms with E-state index in [2.05, 4.69) is 26.6 Å². The third-order valence-electron chi connectivity index (χ3n) is 4.49. The number of fused-ring (bicyclic) bond motifs is 2. The van der Waals surface area contributed by atoms with Crippen molar-refractivity contribution in [2.75, 3.05) is 5.32 Å². The molecule has 0 spiro atoms. The minimum atomic E-state index is -0.319. The van der Waals surface area contributed by atoms with E-state index < -0.39 is 0 Å². The van der Waals surface area contributed by atoms with Gasteiger partial charge in [-0.05, 0) is 46.6 Å². The second-order valence-corrected chi connectivity index (χ2v) is 7.49. The van der Waals surface area contributed by atoms with Crippen molar-refractivity contribution in [3.63, 3.8) is 0 Å². The minimum Gasteiger partial charge on any atom is -0.506 e. The van der Waals surface area contributed by atoms with E-state index in [0.29, 0.717) is 11.3 Å². The molecule has 0 aliphatic rings. The molecule has 0 heterocycles. The van der Waals surface area contributed by atoms with E-state index in [0.717, 1.165) is 26.0 Å². The lowest BCUT2D eigenvalue weighted by atomic mass is 10.0. The molecule has 0 atom stereocenters. The number of carbonyl (C=O) groups excluding carboxylic acids is 1. The fourth-order valence-electron chi connectivity index (χ4n) is 3.18. The molecule has 0 saturated carbocycles. The maximum atomic E-state index is 12.8. The molecule has 1 amide bonds. The van der Waals surface area contributed by atoms with Gasteiger partial charge in [-0.2, -0.15) is 0 Å². The van der Waals surface area contributed by atoms with Crippen LogP contribution in [0.5, 0.6) is 5.75 Å². The van der Waals surface area contributed by atoms with Gasteiger partial charge in [0.1, 0.15) is 5.75 Å². The first-order valence-electron chi connectivity index (χ1n) is 8.55. The van der Waals surface area contributed by atoms with Gasteiger partial charge in [0.2, 0.25) is 0 Å². The zero-order chi connectivity index (χ0) is 19.7. The lowest BCUT2D eigenvalue weighted by Crippen LogP contribution is -2.34. The van der Waals surface area contributed by atoms with E-state index in [9.17, 15) is 9.90 Å². The van der Waals surface area contributed by atoms with Gasteiger partial charge >= 0.3 is 0 Å². The zero-order valence-electron chi connectivity index (χ0n) is 14.6. The highest BCUT2D eigenvalue weighted by Crippen LogP contribution is 2.32. The van der Waals surface area contributed by atoms with Crippen molar-refractivity contribution < 1.29 is 9.90 Å². The minimum absolute atomic E-state index is 0.0596. The molecule has 4 rings (SSSR count). The summed E-state index contributed by atoms with van der Waals surface area (Å²) in [7, 11) is 0. The first-order valence-corrected chi connectivity index (χ1v) is 9.75. The average Bonchev–Trinajstić information content (AvgIpc) is 2.70. The highest BCUT2D eigenvalue weighted by molar-refractivity contribution is 9.10. The predicted octanol–water partition coefficient (Wildman–Crippen LogP) is 5.59. The van der Waals surface area contributed by atoms with Gasteiger partial charge in [-0.15, -0.1) is 0 Å². The average molecular weight is 451 g/mol. The fraction of sp³-hybridized carbons (Fsp3) is 0. The van der Waals surface area contributed by atoms with E-state index in [4.69, 9.17) is 12.2 Å². The second-order valence-electron chi connectivity index (χ2n) is 6.23. The molecule has 0 aromatic heterocycles. The molecule has 4 nitrogen and oxygen atoms in total. The van der Waals surface area contributed by atoms with Gasteiger partial charge in [0.05, 0.1) is 5.69 Å². The van der Waals surface area contributed by atoms with Gasteiger partial charge in [0, 0.05) is 15.4 Å². The van der Waals surface area contributed by atoms with Crippen molar-refractivity contribution in [3.8, 4) is 5.75 Å². The molecular weight excluding hydrogens is 436 g/mol. The van der Waals surface area contributed by atoms with Crippen LogP contribution in [0.4, 0.5) is 5.69 Å². The zero-order valence-corrected chi connectivity index (χ0v) is 17.0. The van der Waals surface area contributed by atoms with Crippen molar-refractivity contribution in [1.29, 1.82) is 0 Å². The van der Waals surface area contributed by atoms with Crippen LogP contribution in [0.2, 0.25) is 0 Å². The summed E-state index contributed by atoms with van der Waals surface area (Å²) in [4.78, 5) is 12.8. The Morgan fingerprint density at radius 2 is 1.57 bits per heavy atom. The molecule has 4 aromatic carbocycles. The van der Waals surface area contributed by atoms with Crippen LogP contribution in [-0.2, 0) is 0 Å². The lowest BCUT2D eigenvalue weighted by Gasteiger charge is -2.14. The number of halogens is 1. The summed E-state index contributed by atoms with van der Waals surface area (Å²) in [5.74, 6) is -0.259. The monoisotopic (exact) mass is 450 g/mol. The number of nitrogens with one attached hydrogen (secondary N) is 2. The van der Waals surface area contributed by atoms with E-state index in [1.54, 1.807) is 12.1 Å². The summed E-state index contributed by atoms with van der Waals surface area (Å²) in [6.45, 7) is 0. The van der Waals surface area contributed by atoms with Gasteiger partial charge in [-0.3, -0.25) is 10.1 Å². The number of phenols is 1. The standard InChI is InChI=1S/C22H15BrN2O2S/c23-18-10-4-7-15-16(18)8-3-9-17(15)21(27)25-22(28)24-20-14-6-2-1-5-13(14)11-12-19(20)26/h1-12,26H,(H2,24,25,27,28). The maximum absolute atomic E-state index is 12.8. The molecule has 0 saturated heterocycles. The molecule has 3 N–H and O–H groups in total. The Balaban J connectivity index is 1.61. The largest absolute Gasteiger partial charge is 0.506 e. The van der Waals surface area contributed by atoms with Gasteiger partial charge in [-0.1, -0.05) is 70.5 Å². The number of anilines is 1. The second kappa shape index (κ2) is 7.58. The molecule has 0 aliphatic carbocycles. The summed E-state index contributed by atoms with van der Waals surface area (Å²) < 4.78 is 0.918. The van der Waals surface area contributed by atoms with Crippen molar-refractivity contribution in [3.05, 3.63) is 82.8 Å². The van der Waals surface area contributed by atoms with E-state index in [-0.39, 0.29) is 16.8 Å². The topological polar surface area (TPSA) is 61.4 Å². The Hall–Kier alpha value is -2.96. The normalized spacial score (nSPS) is 10.8. The van der Waals surface area contributed by atoms with Crippen molar-refractivity contribution >= 4 is 66.4 Å². The molecule has 0 unspecified atom stereocenters. The summed E-state index contributed by atoms with van der Waals surface area (Å²) >= 11 is 8.83. The van der Waals surface area contributed by atoms with Crippen LogP contribution in [0.1, 0.15) is 10.4 Å². The fourth-order valence-corrected chi connectivity index (χ4v) is 3.87. The van der Waals surface area contributed by atoms with Crippen molar-refractivity contribution in [2.24, 2.45) is 0 Å². The molecule has 0 radical (unpaired) electrons. The number of benzene rings is 4. The number of hydrogen-bond acceptors (Lipinski definition) is 3. The van der Waals surface area contributed by atoms with E-state index in [1.165, 1.54) is 0 Å². The molecule has 138 valence electrons. The third-order valence-corrected chi connectivity index (χ3v) is 5.38. The van der Waals surface area contributed by atoms with E-state index >= 15 is 0 Å². The Labute approximate surface area is 175 Å². The maximum Gasteiger partial charge on any atom is 0.258 e. The van der Waals surface area contributed by atoms with Crippen LogP contribution in [-0.4, -0.2) is 16.1 Å². The van der Waals surface area contributed by atoms with Crippen LogP contribution in [0, 0.1) is 0 Å². The Bertz CT molecular complexity index is 1240. The van der Waals surface area contributed by atoms with Crippen LogP contribution < -0.4 is 10.6 Å². The summed E-state index contributed by atoms with van der Waals surface area (Å²) in [6, 6.07) is 22.3. The highest BCUT2D eigenvalue weighted by atomic mass is 79.9. The quantitative estimate of drug-likeness (QED) is 0.275. The molecule has 0 bridgehead atoms. The Morgan fingerprint density at radius 3 is 2.43 bits per heavy atom. The van der Waals surface area contributed by atoms with E-state index in [1.807, 2.05) is 60.7 Å². The van der Waals surface area contributed by atoms with Crippen LogP contribution in [0.15, 0.2) is 77.3 Å². The van der Waals surface area contributed by atoms with Crippen LogP contribution in [0.25, 0.3) is 21.5 Å². The number of amides is 1. The van der Waals surface area contributed by atoms with Gasteiger partial charge < -0.3 is 10.4 Å². The Kier molecular flexibility index (Phi) is 4.98. The molecule has 28 heavy (non-hydrogen) atoms. The summed E-state index contributed by atoms with van der Waals surface area (Å²) in [6.07, 6.45) is 0. The number of rotatable bonds is 2. The molecule has 0 aliphatic heterocycles. The molecule has 0 fully saturated rings. The van der Waals surface area contributed by atoms with Gasteiger partial charge in [0.15, 0.2) is 5.11 Å². The Morgan fingerprint density at radius 1 is 0.857 bits per heavy atom. The van der Waals surface area contributed by atoms with Crippen molar-refractivity contribution in [1.82, 2.24) is 5.32 Å². The lowest BCUT2D eigenvalue weighted by molar-refractivity contribution is 0.0979. The number of aromatic hydroxyl groups is 1. The first-order chi connectivity index (χ1) is 13.5. The highest BCUT2D eigenvalue weighted by Gasteiger charge is 2.14. The molecule has 6 heteroatoms. The number of hydrogen-bond donors (Lipinski definition) is 3. The van der Waals surface area contributed by atoms with Crippen molar-refractivity contribution in [2.45, 2.75) is 0 Å². The SMILES string of the molecule is O=C(NC(=S)Nc1c(O)ccc2ccccc12)c1cccc2c(Br)cccc12. The number of carbonyl (C=O) groups is 1. The number of thiocarbonyl (C=S) groups is 1. The first kappa shape index (κ1) is 18.4. The van der Waals surface area contributed by atoms with Crippen LogP contribution in [0.3, 0.4) is 0 Å². The van der Waals surface area contributed by atoms with Gasteiger partial charge in [-0.25, -0.2) is 0 Å². The van der Waals surface area contributed by atoms with Crippen LogP contribution >= 0.6 is 28.1 Å². The predicted molar refractivity (Wildman–Crippen MR) is 121 cm³/mol. The smallest absolute Gasteiger partial charge is 0.258 e. The van der Waals surface area contributed by atoms with Gasteiger partial charge in [0.25, 0.3) is 5.91 Å². The summed E-state index contributed by atoms with van der Waals surface area (Å²) in [5, 5.41) is 19.5. The molecule has 4 aromatic rings.